The van der Waals surface area contributed by atoms with Crippen LogP contribution in [0, 0.1) is 5.82 Å². The zero-order chi connectivity index (χ0) is 13.6. The Morgan fingerprint density at radius 1 is 1.47 bits per heavy atom. The fraction of sp³-hybridized carbons (Fsp3) is 0.467. The van der Waals surface area contributed by atoms with Gasteiger partial charge in [0, 0.05) is 23.7 Å². The predicted octanol–water partition coefficient (Wildman–Crippen LogP) is 2.62. The summed E-state index contributed by atoms with van der Waals surface area (Å²) in [4.78, 5) is 0. The minimum atomic E-state index is -0.252. The van der Waals surface area contributed by atoms with E-state index in [0.717, 1.165) is 30.5 Å². The van der Waals surface area contributed by atoms with Crippen LogP contribution in [-0.2, 0) is 19.4 Å². The highest BCUT2D eigenvalue weighted by Gasteiger charge is 2.25. The van der Waals surface area contributed by atoms with E-state index in [4.69, 9.17) is 10.5 Å². The highest BCUT2D eigenvalue weighted by atomic mass is 19.1. The third-order valence-corrected chi connectivity index (χ3v) is 3.89. The van der Waals surface area contributed by atoms with Crippen molar-refractivity contribution in [2.45, 2.75) is 38.8 Å². The minimum Gasteiger partial charge on any atom is -0.494 e. The zero-order valence-electron chi connectivity index (χ0n) is 11.4. The van der Waals surface area contributed by atoms with E-state index in [1.54, 1.807) is 6.07 Å². The van der Waals surface area contributed by atoms with Crippen molar-refractivity contribution in [2.75, 3.05) is 7.11 Å². The summed E-state index contributed by atoms with van der Waals surface area (Å²) in [5, 5.41) is 0.700. The average molecular weight is 262 g/mol. The van der Waals surface area contributed by atoms with Crippen molar-refractivity contribution in [1.29, 1.82) is 0 Å². The lowest BCUT2D eigenvalue weighted by Gasteiger charge is -2.08. The summed E-state index contributed by atoms with van der Waals surface area (Å²) < 4.78 is 21.9. The van der Waals surface area contributed by atoms with Crippen LogP contribution in [0.1, 0.15) is 24.6 Å². The van der Waals surface area contributed by atoms with Crippen molar-refractivity contribution in [1.82, 2.24) is 4.57 Å². The first-order valence-electron chi connectivity index (χ1n) is 6.75. The van der Waals surface area contributed by atoms with Gasteiger partial charge in [0.25, 0.3) is 0 Å². The highest BCUT2D eigenvalue weighted by molar-refractivity contribution is 5.88. The lowest BCUT2D eigenvalue weighted by molar-refractivity contribution is 0.389. The maximum Gasteiger partial charge on any atom is 0.174 e. The Morgan fingerprint density at radius 2 is 2.26 bits per heavy atom. The van der Waals surface area contributed by atoms with Crippen LogP contribution in [0.2, 0.25) is 0 Å². The molecule has 19 heavy (non-hydrogen) atoms. The molecule has 0 aliphatic carbocycles. The summed E-state index contributed by atoms with van der Waals surface area (Å²) in [5.41, 5.74) is 9.22. The van der Waals surface area contributed by atoms with Gasteiger partial charge in [0.1, 0.15) is 0 Å². The lowest BCUT2D eigenvalue weighted by atomic mass is 10.0. The number of nitrogens with zero attached hydrogens (tertiary/aromatic N) is 1. The summed E-state index contributed by atoms with van der Waals surface area (Å²) in [5.74, 6) is 0.0558. The van der Waals surface area contributed by atoms with Crippen LogP contribution in [0.25, 0.3) is 10.9 Å². The van der Waals surface area contributed by atoms with Gasteiger partial charge in [0.2, 0.25) is 0 Å². The molecule has 0 radical (unpaired) electrons. The van der Waals surface area contributed by atoms with E-state index < -0.39 is 0 Å². The first kappa shape index (κ1) is 12.5. The molecule has 102 valence electrons. The Labute approximate surface area is 112 Å². The number of rotatable bonds is 3. The summed E-state index contributed by atoms with van der Waals surface area (Å²) in [7, 11) is 1.50. The van der Waals surface area contributed by atoms with Crippen molar-refractivity contribution in [3.63, 3.8) is 0 Å². The van der Waals surface area contributed by atoms with E-state index in [-0.39, 0.29) is 11.9 Å². The van der Waals surface area contributed by atoms with E-state index >= 15 is 0 Å². The van der Waals surface area contributed by atoms with E-state index in [2.05, 4.69) is 4.57 Å². The fourth-order valence-electron chi connectivity index (χ4n) is 3.16. The molecule has 2 aromatic rings. The van der Waals surface area contributed by atoms with Crippen molar-refractivity contribution in [2.24, 2.45) is 5.73 Å². The number of aryl methyl sites for hydroxylation is 1. The second kappa shape index (κ2) is 4.53. The number of hydrogen-bond donors (Lipinski definition) is 1. The Kier molecular flexibility index (Phi) is 2.97. The van der Waals surface area contributed by atoms with Crippen LogP contribution >= 0.6 is 0 Å². The van der Waals surface area contributed by atoms with E-state index in [1.165, 1.54) is 12.8 Å². The molecule has 2 N–H and O–H groups in total. The quantitative estimate of drug-likeness (QED) is 0.923. The molecule has 4 heteroatoms. The standard InChI is InChI=1S/C15H19FN2O/c1-9(17)8-10-11-4-3-7-18(11)12-5-6-13(19-2)15(16)14(10)12/h5-6,9H,3-4,7-8,17H2,1-2H3/t9-/m0/s1. The molecule has 3 rings (SSSR count). The molecule has 3 nitrogen and oxygen atoms in total. The predicted molar refractivity (Wildman–Crippen MR) is 74.1 cm³/mol. The summed E-state index contributed by atoms with van der Waals surface area (Å²) >= 11 is 0. The van der Waals surface area contributed by atoms with Gasteiger partial charge < -0.3 is 15.0 Å². The van der Waals surface area contributed by atoms with Crippen LogP contribution in [-0.4, -0.2) is 17.7 Å². The highest BCUT2D eigenvalue weighted by Crippen LogP contribution is 2.36. The molecule has 0 bridgehead atoms. The Balaban J connectivity index is 2.31. The Morgan fingerprint density at radius 3 is 2.95 bits per heavy atom. The maximum atomic E-state index is 14.6. The lowest BCUT2D eigenvalue weighted by Crippen LogP contribution is -2.18. The molecule has 0 amide bonds. The van der Waals surface area contributed by atoms with Gasteiger partial charge in [0.05, 0.1) is 12.6 Å². The molecule has 0 saturated heterocycles. The second-order valence-electron chi connectivity index (χ2n) is 5.34. The third kappa shape index (κ3) is 1.82. The molecule has 0 saturated carbocycles. The molecular formula is C15H19FN2O. The molecule has 1 aliphatic rings. The molecule has 1 atom stereocenters. The number of nitrogens with two attached hydrogens (primary N) is 1. The number of fused-ring (bicyclic) bond motifs is 3. The third-order valence-electron chi connectivity index (χ3n) is 3.89. The largest absolute Gasteiger partial charge is 0.494 e. The zero-order valence-corrected chi connectivity index (χ0v) is 11.4. The van der Waals surface area contributed by atoms with E-state index in [9.17, 15) is 4.39 Å². The van der Waals surface area contributed by atoms with Gasteiger partial charge in [-0.15, -0.1) is 0 Å². The molecule has 1 aromatic heterocycles. The van der Waals surface area contributed by atoms with Gasteiger partial charge in [-0.25, -0.2) is 4.39 Å². The van der Waals surface area contributed by atoms with Crippen LogP contribution in [0.5, 0.6) is 5.75 Å². The summed E-state index contributed by atoms with van der Waals surface area (Å²) in [6.45, 7) is 2.93. The molecule has 1 aliphatic heterocycles. The first-order chi connectivity index (χ1) is 9.13. The van der Waals surface area contributed by atoms with Gasteiger partial charge in [-0.2, -0.15) is 0 Å². The molecule has 1 aromatic carbocycles. The number of benzene rings is 1. The number of halogens is 1. The Hall–Kier alpha value is -1.55. The SMILES string of the molecule is COc1ccc2c(c1F)c(C[C@H](C)N)c1n2CCC1. The molecule has 2 heterocycles. The van der Waals surface area contributed by atoms with E-state index in [1.807, 2.05) is 13.0 Å². The summed E-state index contributed by atoms with van der Waals surface area (Å²) in [6.07, 6.45) is 2.85. The van der Waals surface area contributed by atoms with Gasteiger partial charge in [-0.1, -0.05) is 0 Å². The number of methoxy groups -OCH3 is 1. The van der Waals surface area contributed by atoms with Crippen LogP contribution in [0.4, 0.5) is 4.39 Å². The topological polar surface area (TPSA) is 40.2 Å². The number of hydrogen-bond acceptors (Lipinski definition) is 2. The van der Waals surface area contributed by atoms with Gasteiger partial charge in [0.15, 0.2) is 11.6 Å². The van der Waals surface area contributed by atoms with Crippen LogP contribution < -0.4 is 10.5 Å². The number of ether oxygens (including phenoxy) is 1. The molecular weight excluding hydrogens is 243 g/mol. The van der Waals surface area contributed by atoms with Gasteiger partial charge >= 0.3 is 0 Å². The van der Waals surface area contributed by atoms with Gasteiger partial charge in [-0.3, -0.25) is 0 Å². The fourth-order valence-corrected chi connectivity index (χ4v) is 3.16. The summed E-state index contributed by atoms with van der Waals surface area (Å²) in [6, 6.07) is 3.69. The second-order valence-corrected chi connectivity index (χ2v) is 5.34. The molecule has 0 fully saturated rings. The smallest absolute Gasteiger partial charge is 0.174 e. The maximum absolute atomic E-state index is 14.6. The minimum absolute atomic E-state index is 0.0292. The van der Waals surface area contributed by atoms with Crippen molar-refractivity contribution < 1.29 is 9.13 Å². The van der Waals surface area contributed by atoms with Crippen LogP contribution in [0.15, 0.2) is 12.1 Å². The van der Waals surface area contributed by atoms with Crippen molar-refractivity contribution in [3.8, 4) is 5.75 Å². The van der Waals surface area contributed by atoms with Crippen LogP contribution in [0.3, 0.4) is 0 Å². The van der Waals surface area contributed by atoms with Crippen molar-refractivity contribution in [3.05, 3.63) is 29.2 Å². The number of aromatic nitrogens is 1. The first-order valence-corrected chi connectivity index (χ1v) is 6.75. The normalized spacial score (nSPS) is 15.8. The van der Waals surface area contributed by atoms with E-state index in [0.29, 0.717) is 17.6 Å². The Bertz CT molecular complexity index is 631. The van der Waals surface area contributed by atoms with Crippen molar-refractivity contribution >= 4 is 10.9 Å². The van der Waals surface area contributed by atoms with Gasteiger partial charge in [-0.05, 0) is 43.9 Å². The molecule has 0 unspecified atom stereocenters. The average Bonchev–Trinajstić information content (AvgIpc) is 2.93. The molecule has 0 spiro atoms. The monoisotopic (exact) mass is 262 g/mol.